The summed E-state index contributed by atoms with van der Waals surface area (Å²) in [5, 5.41) is 3.07. The molecule has 1 aliphatic carbocycles. The van der Waals surface area contributed by atoms with Crippen molar-refractivity contribution in [2.75, 3.05) is 19.0 Å². The lowest BCUT2D eigenvalue weighted by molar-refractivity contribution is -0.167. The Bertz CT molecular complexity index is 911. The van der Waals surface area contributed by atoms with Gasteiger partial charge in [0.05, 0.1) is 13.7 Å². The summed E-state index contributed by atoms with van der Waals surface area (Å²) in [5.74, 6) is -1.04. The molecule has 0 spiro atoms. The molecule has 1 aliphatic rings. The maximum atomic E-state index is 13.2. The van der Waals surface area contributed by atoms with E-state index >= 15 is 0 Å². The summed E-state index contributed by atoms with van der Waals surface area (Å²) in [4.78, 5) is 39.2. The highest BCUT2D eigenvalue weighted by Gasteiger charge is 2.58. The predicted octanol–water partition coefficient (Wildman–Crippen LogP) is 3.52. The monoisotopic (exact) mass is 425 g/mol. The molecule has 7 nitrogen and oxygen atoms in total. The molecule has 0 aliphatic heterocycles. The first-order valence-corrected chi connectivity index (χ1v) is 10.3. The summed E-state index contributed by atoms with van der Waals surface area (Å²) in [6.07, 6.45) is 0.939. The molecule has 1 N–H and O–H groups in total. The first-order valence-electron chi connectivity index (χ1n) is 10.3. The molecule has 164 valence electrons. The fourth-order valence-electron chi connectivity index (χ4n) is 3.84. The quantitative estimate of drug-likeness (QED) is 0.485. The van der Waals surface area contributed by atoms with Gasteiger partial charge in [-0.1, -0.05) is 30.3 Å². The summed E-state index contributed by atoms with van der Waals surface area (Å²) in [6.45, 7) is 1.82. The lowest BCUT2D eigenvalue weighted by Crippen LogP contribution is -2.54. The van der Waals surface area contributed by atoms with E-state index in [0.29, 0.717) is 17.9 Å². The standard InChI is InChI=1S/C24H27NO6/c1-3-30-23(28)24(15-7-10-20(24)26)21(25-18-11-13-19(29-2)14-12-18)22(27)31-16-17-8-5-4-6-9-17/h4-6,8-9,11-14,21,25H,3,7,10,15-16H2,1-2H3/t21-,24-/m0/s1. The van der Waals surface area contributed by atoms with E-state index < -0.39 is 23.4 Å². The molecule has 3 rings (SSSR count). The number of benzene rings is 2. The third-order valence-corrected chi connectivity index (χ3v) is 5.47. The number of carbonyl (C=O) groups is 3. The number of hydrogen-bond donors (Lipinski definition) is 1. The average molecular weight is 425 g/mol. The lowest BCUT2D eigenvalue weighted by Gasteiger charge is -2.33. The van der Waals surface area contributed by atoms with Gasteiger partial charge in [-0.25, -0.2) is 4.79 Å². The van der Waals surface area contributed by atoms with Crippen molar-refractivity contribution in [3.8, 4) is 5.75 Å². The van der Waals surface area contributed by atoms with E-state index in [2.05, 4.69) is 5.32 Å². The zero-order valence-corrected chi connectivity index (χ0v) is 17.8. The minimum Gasteiger partial charge on any atom is -0.497 e. The van der Waals surface area contributed by atoms with Crippen molar-refractivity contribution < 1.29 is 28.6 Å². The second kappa shape index (κ2) is 10.1. The van der Waals surface area contributed by atoms with Crippen molar-refractivity contribution >= 4 is 23.4 Å². The van der Waals surface area contributed by atoms with Crippen LogP contribution >= 0.6 is 0 Å². The van der Waals surface area contributed by atoms with Crippen molar-refractivity contribution in [3.05, 3.63) is 60.2 Å². The van der Waals surface area contributed by atoms with Crippen LogP contribution in [0.25, 0.3) is 0 Å². The second-order valence-corrected chi connectivity index (χ2v) is 7.37. The van der Waals surface area contributed by atoms with Crippen molar-refractivity contribution in [1.82, 2.24) is 0 Å². The average Bonchev–Trinajstić information content (AvgIpc) is 3.19. The summed E-state index contributed by atoms with van der Waals surface area (Å²) in [7, 11) is 1.55. The Morgan fingerprint density at radius 2 is 1.77 bits per heavy atom. The molecule has 7 heteroatoms. The Morgan fingerprint density at radius 1 is 1.06 bits per heavy atom. The van der Waals surface area contributed by atoms with Gasteiger partial charge in [-0.15, -0.1) is 0 Å². The van der Waals surface area contributed by atoms with Crippen LogP contribution in [0, 0.1) is 5.41 Å². The van der Waals surface area contributed by atoms with Crippen molar-refractivity contribution in [2.45, 2.75) is 38.8 Å². The van der Waals surface area contributed by atoms with E-state index in [1.165, 1.54) is 0 Å². The number of rotatable bonds is 9. The van der Waals surface area contributed by atoms with Crippen LogP contribution in [0.2, 0.25) is 0 Å². The molecule has 1 fully saturated rings. The third-order valence-electron chi connectivity index (χ3n) is 5.47. The van der Waals surface area contributed by atoms with Crippen molar-refractivity contribution in [2.24, 2.45) is 5.41 Å². The maximum Gasteiger partial charge on any atom is 0.330 e. The van der Waals surface area contributed by atoms with Crippen LogP contribution in [0.4, 0.5) is 5.69 Å². The zero-order chi connectivity index (χ0) is 22.3. The zero-order valence-electron chi connectivity index (χ0n) is 17.8. The number of ether oxygens (including phenoxy) is 3. The number of carbonyl (C=O) groups excluding carboxylic acids is 3. The van der Waals surface area contributed by atoms with Gasteiger partial charge >= 0.3 is 11.9 Å². The number of hydrogen-bond acceptors (Lipinski definition) is 7. The van der Waals surface area contributed by atoms with Gasteiger partial charge in [0.15, 0.2) is 11.2 Å². The maximum absolute atomic E-state index is 13.2. The summed E-state index contributed by atoms with van der Waals surface area (Å²) >= 11 is 0. The highest BCUT2D eigenvalue weighted by Crippen LogP contribution is 2.41. The van der Waals surface area contributed by atoms with Crippen LogP contribution in [0.5, 0.6) is 5.75 Å². The number of Topliss-reactive ketones (excluding diaryl/α,β-unsaturated/α-hetero) is 1. The smallest absolute Gasteiger partial charge is 0.330 e. The van der Waals surface area contributed by atoms with Gasteiger partial charge in [-0.2, -0.15) is 0 Å². The molecule has 0 amide bonds. The van der Waals surface area contributed by atoms with E-state index in [9.17, 15) is 14.4 Å². The Hall–Kier alpha value is -3.35. The Morgan fingerprint density at radius 3 is 2.35 bits per heavy atom. The van der Waals surface area contributed by atoms with Crippen molar-refractivity contribution in [3.63, 3.8) is 0 Å². The highest BCUT2D eigenvalue weighted by molar-refractivity contribution is 6.10. The van der Waals surface area contributed by atoms with E-state index in [0.717, 1.165) is 5.56 Å². The topological polar surface area (TPSA) is 90.9 Å². The highest BCUT2D eigenvalue weighted by atomic mass is 16.5. The fourth-order valence-corrected chi connectivity index (χ4v) is 3.84. The fraction of sp³-hybridized carbons (Fsp3) is 0.375. The Kier molecular flexibility index (Phi) is 7.28. The van der Waals surface area contributed by atoms with Crippen LogP contribution < -0.4 is 10.1 Å². The molecule has 0 aromatic heterocycles. The predicted molar refractivity (Wildman–Crippen MR) is 115 cm³/mol. The lowest BCUT2D eigenvalue weighted by atomic mass is 9.77. The molecule has 1 saturated carbocycles. The van der Waals surface area contributed by atoms with Crippen LogP contribution in [-0.4, -0.2) is 37.5 Å². The van der Waals surface area contributed by atoms with Crippen LogP contribution in [-0.2, 0) is 30.5 Å². The largest absolute Gasteiger partial charge is 0.497 e. The van der Waals surface area contributed by atoms with E-state index in [1.54, 1.807) is 38.3 Å². The number of anilines is 1. The minimum atomic E-state index is -1.62. The van der Waals surface area contributed by atoms with E-state index in [4.69, 9.17) is 14.2 Å². The molecular weight excluding hydrogens is 398 g/mol. The van der Waals surface area contributed by atoms with Crippen molar-refractivity contribution in [1.29, 1.82) is 0 Å². The molecule has 31 heavy (non-hydrogen) atoms. The molecule has 0 heterocycles. The Balaban J connectivity index is 1.92. The molecule has 0 saturated heterocycles. The minimum absolute atomic E-state index is 0.0353. The molecule has 2 atom stereocenters. The second-order valence-electron chi connectivity index (χ2n) is 7.37. The molecule has 0 bridgehead atoms. The number of esters is 2. The Labute approximate surface area is 181 Å². The normalized spacial score (nSPS) is 18.8. The first kappa shape index (κ1) is 22.3. The molecule has 0 unspecified atom stereocenters. The van der Waals surface area contributed by atoms with Crippen LogP contribution in [0.3, 0.4) is 0 Å². The summed E-state index contributed by atoms with van der Waals surface area (Å²) in [5.41, 5.74) is -0.253. The third kappa shape index (κ3) is 4.87. The van der Waals surface area contributed by atoms with Gasteiger partial charge in [0.1, 0.15) is 18.4 Å². The van der Waals surface area contributed by atoms with Gasteiger partial charge < -0.3 is 19.5 Å². The van der Waals surface area contributed by atoms with E-state index in [1.807, 2.05) is 30.3 Å². The number of ketones is 1. The van der Waals surface area contributed by atoms with Gasteiger partial charge in [0.25, 0.3) is 0 Å². The summed E-state index contributed by atoms with van der Waals surface area (Å²) in [6, 6.07) is 14.9. The van der Waals surface area contributed by atoms with Gasteiger partial charge in [-0.3, -0.25) is 9.59 Å². The number of methoxy groups -OCH3 is 1. The molecule has 0 radical (unpaired) electrons. The van der Waals surface area contributed by atoms with E-state index in [-0.39, 0.29) is 31.8 Å². The first-order chi connectivity index (χ1) is 15.0. The molecular formula is C24H27NO6. The van der Waals surface area contributed by atoms with Gasteiger partial charge in [-0.05, 0) is 49.6 Å². The summed E-state index contributed by atoms with van der Waals surface area (Å²) < 4.78 is 15.9. The van der Waals surface area contributed by atoms with Crippen LogP contribution in [0.15, 0.2) is 54.6 Å². The SMILES string of the molecule is CCOC(=O)[C@@]1([C@@H](Nc2ccc(OC)cc2)C(=O)OCc2ccccc2)CCCC1=O. The van der Waals surface area contributed by atoms with Crippen LogP contribution in [0.1, 0.15) is 31.7 Å². The van der Waals surface area contributed by atoms with Gasteiger partial charge in [0.2, 0.25) is 0 Å². The molecule has 2 aromatic rings. The van der Waals surface area contributed by atoms with Gasteiger partial charge in [0, 0.05) is 12.1 Å². The number of nitrogens with one attached hydrogen (secondary N) is 1. The molecule has 2 aromatic carbocycles.